The Morgan fingerprint density at radius 1 is 0.886 bits per heavy atom. The van der Waals surface area contributed by atoms with E-state index in [4.69, 9.17) is 4.74 Å². The number of carbonyl (C=O) groups excluding carboxylic acids is 2. The molecule has 3 heteroatoms. The zero-order valence-corrected chi connectivity index (χ0v) is 24.0. The third-order valence-electron chi connectivity index (χ3n) is 13.7. The Balaban J connectivity index is 1.53. The van der Waals surface area contributed by atoms with Crippen LogP contribution in [0.4, 0.5) is 0 Å². The minimum Gasteiger partial charge on any atom is -0.462 e. The van der Waals surface area contributed by atoms with E-state index < -0.39 is 0 Å². The maximum atomic E-state index is 12.3. The van der Waals surface area contributed by atoms with E-state index in [0.29, 0.717) is 28.4 Å². The van der Waals surface area contributed by atoms with Crippen LogP contribution >= 0.6 is 0 Å². The molecule has 0 saturated heterocycles. The fraction of sp³-hybridized carbons (Fsp3) is 0.938. The molecule has 198 valence electrons. The van der Waals surface area contributed by atoms with Crippen molar-refractivity contribution in [1.82, 2.24) is 0 Å². The van der Waals surface area contributed by atoms with E-state index in [9.17, 15) is 9.59 Å². The number of carbonyl (C=O) groups is 2. The zero-order valence-electron chi connectivity index (χ0n) is 24.0. The van der Waals surface area contributed by atoms with Crippen molar-refractivity contribution in [1.29, 1.82) is 0 Å². The summed E-state index contributed by atoms with van der Waals surface area (Å²) in [6, 6.07) is 0. The van der Waals surface area contributed by atoms with Gasteiger partial charge in [-0.2, -0.15) is 0 Å². The van der Waals surface area contributed by atoms with E-state index in [2.05, 4.69) is 41.5 Å². The summed E-state index contributed by atoms with van der Waals surface area (Å²) in [7, 11) is 0. The average Bonchev–Trinajstić information content (AvgIpc) is 3.02. The van der Waals surface area contributed by atoms with E-state index >= 15 is 0 Å². The van der Waals surface area contributed by atoms with Gasteiger partial charge in [-0.3, -0.25) is 9.59 Å². The summed E-state index contributed by atoms with van der Waals surface area (Å²) in [5.74, 6) is 3.32. The van der Waals surface area contributed by atoms with Crippen LogP contribution in [0.15, 0.2) is 0 Å². The van der Waals surface area contributed by atoms with Crippen LogP contribution in [-0.4, -0.2) is 17.9 Å². The first-order chi connectivity index (χ1) is 16.3. The molecule has 5 fully saturated rings. The summed E-state index contributed by atoms with van der Waals surface area (Å²) >= 11 is 0. The number of esters is 1. The second kappa shape index (κ2) is 8.07. The van der Waals surface area contributed by atoms with Gasteiger partial charge in [0.15, 0.2) is 0 Å². The van der Waals surface area contributed by atoms with E-state index in [1.807, 2.05) is 0 Å². The minimum absolute atomic E-state index is 0.0808. The van der Waals surface area contributed by atoms with Crippen molar-refractivity contribution in [3.8, 4) is 0 Å². The number of fused-ring (bicyclic) bond motifs is 2. The Bertz CT molecular complexity index is 891. The molecular formula is C32H52O3. The van der Waals surface area contributed by atoms with Gasteiger partial charge in [0, 0.05) is 18.3 Å². The molecule has 10 unspecified atom stereocenters. The number of rotatable bonds is 6. The van der Waals surface area contributed by atoms with Crippen molar-refractivity contribution < 1.29 is 14.3 Å². The van der Waals surface area contributed by atoms with E-state index in [1.165, 1.54) is 57.8 Å². The molecule has 35 heavy (non-hydrogen) atoms. The van der Waals surface area contributed by atoms with Crippen molar-refractivity contribution in [2.75, 3.05) is 0 Å². The molecule has 0 aromatic carbocycles. The van der Waals surface area contributed by atoms with E-state index in [1.54, 1.807) is 13.8 Å². The van der Waals surface area contributed by atoms with E-state index in [-0.39, 0.29) is 34.2 Å². The highest BCUT2D eigenvalue weighted by Gasteiger charge is 2.94. The Morgan fingerprint density at radius 2 is 1.60 bits per heavy atom. The predicted molar refractivity (Wildman–Crippen MR) is 141 cm³/mol. The first-order valence-corrected chi connectivity index (χ1v) is 15.0. The van der Waals surface area contributed by atoms with Gasteiger partial charge in [-0.05, 0) is 123 Å². The molecule has 0 aromatic rings. The van der Waals surface area contributed by atoms with Crippen LogP contribution in [0, 0.1) is 56.7 Å². The molecule has 0 heterocycles. The van der Waals surface area contributed by atoms with Crippen molar-refractivity contribution in [3.63, 3.8) is 0 Å². The van der Waals surface area contributed by atoms with Crippen LogP contribution in [0.2, 0.25) is 0 Å². The highest BCUT2D eigenvalue weighted by Crippen LogP contribution is 2.96. The number of Topliss-reactive ketones (excluding diaryl/α,β-unsaturated/α-hetero) is 1. The second-order valence-electron chi connectivity index (χ2n) is 15.0. The average molecular weight is 485 g/mol. The fourth-order valence-electron chi connectivity index (χ4n) is 12.5. The largest absolute Gasteiger partial charge is 0.462 e. The Labute approximate surface area is 214 Å². The van der Waals surface area contributed by atoms with Crippen molar-refractivity contribution in [2.45, 2.75) is 132 Å². The molecule has 5 aliphatic carbocycles. The van der Waals surface area contributed by atoms with Crippen molar-refractivity contribution in [3.05, 3.63) is 0 Å². The highest BCUT2D eigenvalue weighted by molar-refractivity contribution is 5.77. The molecule has 10 atom stereocenters. The van der Waals surface area contributed by atoms with Gasteiger partial charge in [-0.15, -0.1) is 0 Å². The molecule has 0 aromatic heterocycles. The summed E-state index contributed by atoms with van der Waals surface area (Å²) < 4.78 is 6.26. The quantitative estimate of drug-likeness (QED) is 0.359. The van der Waals surface area contributed by atoms with Crippen LogP contribution < -0.4 is 0 Å². The van der Waals surface area contributed by atoms with Gasteiger partial charge in [0.25, 0.3) is 0 Å². The van der Waals surface area contributed by atoms with Gasteiger partial charge in [-0.1, -0.05) is 41.5 Å². The highest BCUT2D eigenvalue weighted by atomic mass is 16.5. The van der Waals surface area contributed by atoms with Gasteiger partial charge in [-0.25, -0.2) is 0 Å². The molecule has 0 amide bonds. The van der Waals surface area contributed by atoms with Crippen LogP contribution in [0.25, 0.3) is 0 Å². The Hall–Kier alpha value is -0.860. The van der Waals surface area contributed by atoms with E-state index in [0.717, 1.165) is 24.7 Å². The molecule has 0 N–H and O–H groups in total. The third-order valence-corrected chi connectivity index (χ3v) is 13.7. The molecule has 5 aliphatic rings. The molecule has 5 rings (SSSR count). The lowest BCUT2D eigenvalue weighted by molar-refractivity contribution is -0.180. The van der Waals surface area contributed by atoms with Crippen LogP contribution in [0.1, 0.15) is 126 Å². The molecular weight excluding hydrogens is 432 g/mol. The van der Waals surface area contributed by atoms with Crippen LogP contribution in [0.3, 0.4) is 0 Å². The molecule has 5 saturated carbocycles. The maximum absolute atomic E-state index is 12.3. The van der Waals surface area contributed by atoms with Gasteiger partial charge in [0.05, 0.1) is 0 Å². The Kier molecular flexibility index (Phi) is 5.94. The fourth-order valence-corrected chi connectivity index (χ4v) is 12.5. The lowest BCUT2D eigenvalue weighted by Gasteiger charge is -2.63. The maximum Gasteiger partial charge on any atom is 0.302 e. The minimum atomic E-state index is -0.0808. The number of hydrogen-bond donors (Lipinski definition) is 0. The van der Waals surface area contributed by atoms with Crippen molar-refractivity contribution >= 4 is 11.8 Å². The van der Waals surface area contributed by atoms with Gasteiger partial charge in [0.1, 0.15) is 11.9 Å². The molecule has 0 radical (unpaired) electrons. The Morgan fingerprint density at radius 3 is 2.26 bits per heavy atom. The number of ether oxygens (including phenoxy) is 1. The molecule has 3 nitrogen and oxygen atoms in total. The van der Waals surface area contributed by atoms with Crippen LogP contribution in [0.5, 0.6) is 0 Å². The summed E-state index contributed by atoms with van der Waals surface area (Å²) in [5, 5.41) is 0. The lowest BCUT2D eigenvalue weighted by Crippen LogP contribution is -2.58. The van der Waals surface area contributed by atoms with Gasteiger partial charge >= 0.3 is 5.97 Å². The summed E-state index contributed by atoms with van der Waals surface area (Å²) in [5.41, 5.74) is 1.41. The normalized spacial score (nSPS) is 49.0. The first-order valence-electron chi connectivity index (χ1n) is 15.0. The topological polar surface area (TPSA) is 43.4 Å². The lowest BCUT2D eigenvalue weighted by atomic mass is 9.42. The second-order valence-corrected chi connectivity index (χ2v) is 15.0. The summed E-state index contributed by atoms with van der Waals surface area (Å²) in [6.07, 6.45) is 13.9. The number of ketones is 1. The van der Waals surface area contributed by atoms with Crippen molar-refractivity contribution in [2.24, 2.45) is 56.7 Å². The van der Waals surface area contributed by atoms with Gasteiger partial charge < -0.3 is 4.74 Å². The molecule has 0 aliphatic heterocycles. The first kappa shape index (κ1) is 25.8. The number of hydrogen-bond acceptors (Lipinski definition) is 3. The zero-order chi connectivity index (χ0) is 25.6. The SMILES string of the molecule is CC(=O)OC1CCCC2CCC3(C)C4C(C(C)CCC(C)C(C)=O)CCC4(C)CCC34C(C)(C)C214. The standard InChI is InChI=1S/C32H52O3/c1-20(22(3)33)12-13-21(2)25-15-16-29(7)18-19-31-28(5,6)32(31)24(14-17-30(31,8)27(25)29)10-9-11-26(32)35-23(4)34/h20-21,24-27H,9-19H2,1-8H3. The third kappa shape index (κ3) is 3.02. The summed E-state index contributed by atoms with van der Waals surface area (Å²) in [4.78, 5) is 24.2. The monoisotopic (exact) mass is 484 g/mol. The summed E-state index contributed by atoms with van der Waals surface area (Å²) in [6.45, 7) is 18.4. The molecule has 0 bridgehead atoms. The smallest absolute Gasteiger partial charge is 0.302 e. The predicted octanol–water partition coefficient (Wildman–Crippen LogP) is 8.00. The molecule has 2 spiro atoms. The van der Waals surface area contributed by atoms with Crippen LogP contribution in [-0.2, 0) is 14.3 Å². The van der Waals surface area contributed by atoms with Gasteiger partial charge in [0.2, 0.25) is 0 Å².